The van der Waals surface area contributed by atoms with Crippen LogP contribution in [0.3, 0.4) is 0 Å². The lowest BCUT2D eigenvalue weighted by atomic mass is 10.2. The van der Waals surface area contributed by atoms with Crippen LogP contribution in [-0.2, 0) is 6.18 Å². The van der Waals surface area contributed by atoms with Crippen LogP contribution >= 0.6 is 22.6 Å². The molecule has 0 atom stereocenters. The Balaban J connectivity index is 3.36. The average Bonchev–Trinajstić information content (AvgIpc) is 2.16. The van der Waals surface area contributed by atoms with Gasteiger partial charge in [0, 0.05) is 3.57 Å². The molecule has 1 heterocycles. The second-order valence-electron chi connectivity index (χ2n) is 2.88. The maximum absolute atomic E-state index is 12.4. The predicted octanol–water partition coefficient (Wildman–Crippen LogP) is 3.42. The standard InChI is InChI=1S/C8H2F6INO2/c9-7(10,11)5-4(15)1-3(2-17)6(16-5)18-8(12,13)14/h1-2H. The SMILES string of the molecule is O=Cc1cc(I)c(C(F)(F)F)nc1OC(F)(F)F. The number of carbonyl (C=O) groups excluding carboxylic acids is 1. The first-order valence-electron chi connectivity index (χ1n) is 4.03. The fraction of sp³-hybridized carbons (Fsp3) is 0.250. The second-order valence-corrected chi connectivity index (χ2v) is 4.04. The van der Waals surface area contributed by atoms with Gasteiger partial charge in [-0.05, 0) is 28.7 Å². The van der Waals surface area contributed by atoms with Crippen molar-refractivity contribution in [3.8, 4) is 5.88 Å². The highest BCUT2D eigenvalue weighted by molar-refractivity contribution is 14.1. The summed E-state index contributed by atoms with van der Waals surface area (Å²) in [5.41, 5.74) is -2.27. The summed E-state index contributed by atoms with van der Waals surface area (Å²) in [6.07, 6.45) is -10.3. The molecule has 1 aromatic rings. The molecule has 0 aliphatic rings. The van der Waals surface area contributed by atoms with Crippen LogP contribution in [0.15, 0.2) is 6.07 Å². The first-order valence-corrected chi connectivity index (χ1v) is 5.11. The maximum Gasteiger partial charge on any atom is 0.574 e. The van der Waals surface area contributed by atoms with E-state index in [4.69, 9.17) is 0 Å². The number of halogens is 7. The molecule has 18 heavy (non-hydrogen) atoms. The van der Waals surface area contributed by atoms with Gasteiger partial charge in [0.25, 0.3) is 0 Å². The van der Waals surface area contributed by atoms with Crippen LogP contribution in [0.5, 0.6) is 5.88 Å². The molecule has 0 saturated heterocycles. The third-order valence-corrected chi connectivity index (χ3v) is 2.40. The van der Waals surface area contributed by atoms with E-state index in [-0.39, 0.29) is 6.29 Å². The zero-order valence-electron chi connectivity index (χ0n) is 8.06. The molecule has 10 heteroatoms. The van der Waals surface area contributed by atoms with Gasteiger partial charge in [0.05, 0.1) is 5.56 Å². The molecule has 0 fully saturated rings. The Bertz CT molecular complexity index is 470. The van der Waals surface area contributed by atoms with Gasteiger partial charge in [-0.25, -0.2) is 4.98 Å². The minimum absolute atomic E-state index is 0.0730. The normalized spacial score (nSPS) is 12.4. The van der Waals surface area contributed by atoms with Gasteiger partial charge < -0.3 is 4.74 Å². The zero-order chi connectivity index (χ0) is 14.1. The number of aromatic nitrogens is 1. The summed E-state index contributed by atoms with van der Waals surface area (Å²) in [5.74, 6) is -1.43. The highest BCUT2D eigenvalue weighted by Gasteiger charge is 2.38. The molecule has 1 aromatic heterocycles. The number of hydrogen-bond acceptors (Lipinski definition) is 3. The third-order valence-electron chi connectivity index (χ3n) is 1.58. The summed E-state index contributed by atoms with van der Waals surface area (Å²) in [6.45, 7) is 0. The highest BCUT2D eigenvalue weighted by Crippen LogP contribution is 2.35. The van der Waals surface area contributed by atoms with Crippen LogP contribution in [0.25, 0.3) is 0 Å². The second kappa shape index (κ2) is 4.90. The van der Waals surface area contributed by atoms with Crippen molar-refractivity contribution in [3.63, 3.8) is 0 Å². The van der Waals surface area contributed by atoms with E-state index in [1.54, 1.807) is 0 Å². The number of alkyl halides is 6. The molecule has 0 aliphatic heterocycles. The van der Waals surface area contributed by atoms with E-state index in [1.807, 2.05) is 0 Å². The Hall–Kier alpha value is -1.07. The molecular weight excluding hydrogens is 383 g/mol. The van der Waals surface area contributed by atoms with Gasteiger partial charge in [0.1, 0.15) is 0 Å². The summed E-state index contributed by atoms with van der Waals surface area (Å²) in [7, 11) is 0. The minimum Gasteiger partial charge on any atom is -0.387 e. The van der Waals surface area contributed by atoms with E-state index in [0.717, 1.165) is 0 Å². The van der Waals surface area contributed by atoms with Crippen molar-refractivity contribution in [2.75, 3.05) is 0 Å². The lowest BCUT2D eigenvalue weighted by Crippen LogP contribution is -2.21. The Morgan fingerprint density at radius 3 is 2.17 bits per heavy atom. The van der Waals surface area contributed by atoms with Crippen molar-refractivity contribution < 1.29 is 35.9 Å². The summed E-state index contributed by atoms with van der Waals surface area (Å²) in [4.78, 5) is 13.1. The first kappa shape index (κ1) is 15.0. The summed E-state index contributed by atoms with van der Waals surface area (Å²) < 4.78 is 75.8. The van der Waals surface area contributed by atoms with Crippen LogP contribution in [0.2, 0.25) is 0 Å². The van der Waals surface area contributed by atoms with Crippen LogP contribution in [-0.4, -0.2) is 17.6 Å². The van der Waals surface area contributed by atoms with Crippen LogP contribution in [0.4, 0.5) is 26.3 Å². The summed E-state index contributed by atoms with van der Waals surface area (Å²) >= 11 is 1.21. The largest absolute Gasteiger partial charge is 0.574 e. The van der Waals surface area contributed by atoms with E-state index < -0.39 is 33.2 Å². The van der Waals surface area contributed by atoms with Crippen LogP contribution in [0, 0.1) is 3.57 Å². The van der Waals surface area contributed by atoms with Crippen molar-refractivity contribution in [1.82, 2.24) is 4.98 Å². The summed E-state index contributed by atoms with van der Waals surface area (Å²) in [5, 5.41) is 0. The fourth-order valence-corrected chi connectivity index (χ4v) is 1.72. The van der Waals surface area contributed by atoms with Gasteiger partial charge in [0.15, 0.2) is 12.0 Å². The molecule has 0 amide bonds. The molecule has 0 aliphatic carbocycles. The van der Waals surface area contributed by atoms with Crippen LogP contribution in [0.1, 0.15) is 16.1 Å². The Morgan fingerprint density at radius 1 is 1.22 bits per heavy atom. The maximum atomic E-state index is 12.4. The van der Waals surface area contributed by atoms with Crippen LogP contribution < -0.4 is 4.74 Å². The number of nitrogens with zero attached hydrogens (tertiary/aromatic N) is 1. The molecular formula is C8H2F6INO2. The number of carbonyl (C=O) groups is 1. The molecule has 3 nitrogen and oxygen atoms in total. The first-order chi connectivity index (χ1) is 8.04. The molecule has 0 spiro atoms. The van der Waals surface area contributed by atoms with Gasteiger partial charge in [-0.15, -0.1) is 13.2 Å². The Labute approximate surface area is 109 Å². The lowest BCUT2D eigenvalue weighted by Gasteiger charge is -2.13. The van der Waals surface area contributed by atoms with E-state index in [0.29, 0.717) is 6.07 Å². The van der Waals surface area contributed by atoms with E-state index in [9.17, 15) is 31.1 Å². The average molecular weight is 385 g/mol. The molecule has 0 bridgehead atoms. The number of hydrogen-bond donors (Lipinski definition) is 0. The molecule has 0 radical (unpaired) electrons. The van der Waals surface area contributed by atoms with Gasteiger partial charge in [-0.2, -0.15) is 13.2 Å². The highest BCUT2D eigenvalue weighted by atomic mass is 127. The van der Waals surface area contributed by atoms with Crippen molar-refractivity contribution in [2.45, 2.75) is 12.5 Å². The third kappa shape index (κ3) is 3.71. The monoisotopic (exact) mass is 385 g/mol. The molecule has 0 unspecified atom stereocenters. The van der Waals surface area contributed by atoms with E-state index in [2.05, 4.69) is 9.72 Å². The molecule has 0 N–H and O–H groups in total. The number of pyridine rings is 1. The van der Waals surface area contributed by atoms with Crippen molar-refractivity contribution in [1.29, 1.82) is 0 Å². The van der Waals surface area contributed by atoms with Crippen molar-refractivity contribution >= 4 is 28.9 Å². The van der Waals surface area contributed by atoms with Gasteiger partial charge in [0.2, 0.25) is 5.88 Å². The van der Waals surface area contributed by atoms with E-state index in [1.165, 1.54) is 22.6 Å². The number of aldehydes is 1. The van der Waals surface area contributed by atoms with Gasteiger partial charge >= 0.3 is 12.5 Å². The lowest BCUT2D eigenvalue weighted by molar-refractivity contribution is -0.276. The number of rotatable bonds is 2. The number of ether oxygens (including phenoxy) is 1. The quantitative estimate of drug-likeness (QED) is 0.445. The Kier molecular flexibility index (Phi) is 4.08. The predicted molar refractivity (Wildman–Crippen MR) is 54.0 cm³/mol. The van der Waals surface area contributed by atoms with Crippen molar-refractivity contribution in [2.24, 2.45) is 0 Å². The Morgan fingerprint density at radius 2 is 1.78 bits per heavy atom. The fourth-order valence-electron chi connectivity index (χ4n) is 0.961. The van der Waals surface area contributed by atoms with Crippen molar-refractivity contribution in [3.05, 3.63) is 20.9 Å². The smallest absolute Gasteiger partial charge is 0.387 e. The van der Waals surface area contributed by atoms with E-state index >= 15 is 0 Å². The summed E-state index contributed by atoms with van der Waals surface area (Å²) in [6, 6.07) is 0.616. The van der Waals surface area contributed by atoms with Gasteiger partial charge in [-0.1, -0.05) is 0 Å². The van der Waals surface area contributed by atoms with Gasteiger partial charge in [-0.3, -0.25) is 4.79 Å². The molecule has 0 aromatic carbocycles. The zero-order valence-corrected chi connectivity index (χ0v) is 10.2. The molecule has 1 rings (SSSR count). The molecule has 0 saturated carbocycles. The minimum atomic E-state index is -5.24. The topological polar surface area (TPSA) is 39.2 Å². The molecule has 100 valence electrons.